The van der Waals surface area contributed by atoms with Crippen LogP contribution >= 0.6 is 21.6 Å². The lowest BCUT2D eigenvalue weighted by Crippen LogP contribution is -2.38. The van der Waals surface area contributed by atoms with E-state index in [-0.39, 0.29) is 47.6 Å². The molecule has 410 valence electrons. The quantitative estimate of drug-likeness (QED) is 0.0377. The van der Waals surface area contributed by atoms with E-state index < -0.39 is 0 Å². The lowest BCUT2D eigenvalue weighted by Gasteiger charge is -2.34. The van der Waals surface area contributed by atoms with E-state index >= 15 is 0 Å². The van der Waals surface area contributed by atoms with E-state index in [0.717, 1.165) is 113 Å². The summed E-state index contributed by atoms with van der Waals surface area (Å²) in [6, 6.07) is 31.2. The van der Waals surface area contributed by atoms with Gasteiger partial charge in [0.2, 0.25) is 0 Å². The summed E-state index contributed by atoms with van der Waals surface area (Å²) in [6.07, 6.45) is 6.38. The Bertz CT molecular complexity index is 2880. The maximum Gasteiger partial charge on any atom is 0.258 e. The minimum atomic E-state index is -0.192. The number of aryl methyl sites for hydroxylation is 3. The molecule has 0 aromatic heterocycles. The highest BCUT2D eigenvalue weighted by molar-refractivity contribution is 8.77. The summed E-state index contributed by atoms with van der Waals surface area (Å²) < 4.78 is 36.4. The number of benzene rings is 5. The van der Waals surface area contributed by atoms with Crippen LogP contribution in [0, 0.1) is 6.92 Å². The van der Waals surface area contributed by atoms with Crippen molar-refractivity contribution in [3.63, 3.8) is 0 Å². The van der Waals surface area contributed by atoms with E-state index in [1.54, 1.807) is 14.2 Å². The molecule has 77 heavy (non-hydrogen) atoms. The molecule has 0 spiro atoms. The number of carbonyl (C=O) groups excluding carboxylic acids is 3. The predicted octanol–water partition coefficient (Wildman–Crippen LogP) is 10.8. The van der Waals surface area contributed by atoms with Crippen molar-refractivity contribution in [2.75, 3.05) is 93.9 Å². The van der Waals surface area contributed by atoms with Crippen molar-refractivity contribution in [2.45, 2.75) is 109 Å². The Balaban J connectivity index is 0.977. The number of nitrogens with zero attached hydrogens (tertiary/aromatic N) is 3. The number of para-hydroxylation sites is 2. The number of rotatable bonds is 28. The molecule has 4 aliphatic rings. The zero-order valence-electron chi connectivity index (χ0n) is 45.8. The Morgan fingerprint density at radius 1 is 0.714 bits per heavy atom. The first-order valence-electron chi connectivity index (χ1n) is 27.4. The lowest BCUT2D eigenvalue weighted by atomic mass is 9.98. The molecule has 0 radical (unpaired) electrons. The molecule has 0 saturated carbocycles. The van der Waals surface area contributed by atoms with Crippen LogP contribution in [0.25, 0.3) is 0 Å². The van der Waals surface area contributed by atoms with E-state index in [4.69, 9.17) is 28.4 Å². The van der Waals surface area contributed by atoms with Crippen molar-refractivity contribution >= 4 is 56.2 Å². The zero-order chi connectivity index (χ0) is 53.9. The van der Waals surface area contributed by atoms with Gasteiger partial charge in [-0.05, 0) is 166 Å². The number of likely N-dealkylation sites (N-methyl/N-ethyl adjacent to an activating group) is 1. The largest absolute Gasteiger partial charge is 0.493 e. The Hall–Kier alpha value is -5.55. The molecule has 0 saturated heterocycles. The van der Waals surface area contributed by atoms with Crippen LogP contribution in [0.15, 0.2) is 91.0 Å². The minimum absolute atomic E-state index is 0.00527. The first-order chi connectivity index (χ1) is 37.4. The summed E-state index contributed by atoms with van der Waals surface area (Å²) >= 11 is 0. The predicted molar refractivity (Wildman–Crippen MR) is 310 cm³/mol. The second-order valence-corrected chi connectivity index (χ2v) is 24.3. The fourth-order valence-corrected chi connectivity index (χ4v) is 13.7. The molecule has 9 rings (SSSR count). The van der Waals surface area contributed by atoms with Crippen LogP contribution in [0.2, 0.25) is 0 Å². The molecule has 2 amide bonds. The van der Waals surface area contributed by atoms with E-state index in [0.29, 0.717) is 76.2 Å². The number of carbonyl (C=O) groups is 3. The van der Waals surface area contributed by atoms with Crippen molar-refractivity contribution in [1.29, 1.82) is 0 Å². The number of amides is 2. The van der Waals surface area contributed by atoms with Crippen molar-refractivity contribution in [3.8, 4) is 17.2 Å². The molecule has 0 aliphatic carbocycles. The third-order valence-corrected chi connectivity index (χ3v) is 18.3. The van der Waals surface area contributed by atoms with Crippen LogP contribution in [-0.2, 0) is 57.9 Å². The third kappa shape index (κ3) is 13.8. The zero-order valence-corrected chi connectivity index (χ0v) is 47.4. The average molecular weight is 1090 g/mol. The van der Waals surface area contributed by atoms with E-state index in [1.165, 1.54) is 11.1 Å². The Labute approximate surface area is 463 Å². The molecule has 5 aromatic carbocycles. The van der Waals surface area contributed by atoms with Crippen LogP contribution in [0.5, 0.6) is 17.2 Å². The topological polar surface area (TPSA) is 128 Å². The second kappa shape index (κ2) is 26.4. The highest BCUT2D eigenvalue weighted by Gasteiger charge is 2.39. The highest BCUT2D eigenvalue weighted by atomic mass is 33.1. The number of ketones is 1. The summed E-state index contributed by atoms with van der Waals surface area (Å²) in [4.78, 5) is 47.3. The standard InChI is InChI=1S/C62H76N4O9S2/c1-7-63-38-52(67)15-12-28-76-77-62(3,4)41-64(22-23-72-26-27-73-25-24-70-5)51-31-43(39-74-57-35-45-18-20-49-33-47-13-8-10-16-55(47)65(49)60(68)53(45)29-42(57)2)30-44(32-51)40-75-59-36-46-19-21-50-34-48-14-9-11-17-56(48)66(50)61(69)54(46)37-58(59)71-6/h8-11,13-14,16-17,29-32,35-37,49-50,63H,7,12,15,18-28,33-34,38-41H2,1-6H3/t49-,50?/m1/s1. The molecule has 15 heteroatoms. The van der Waals surface area contributed by atoms with E-state index in [1.807, 2.05) is 87.7 Å². The van der Waals surface area contributed by atoms with Crippen molar-refractivity contribution in [1.82, 2.24) is 5.32 Å². The Morgan fingerprint density at radius 2 is 1.30 bits per heavy atom. The maximum atomic E-state index is 14.3. The molecule has 5 aromatic rings. The van der Waals surface area contributed by atoms with Gasteiger partial charge in [0.05, 0.1) is 46.7 Å². The van der Waals surface area contributed by atoms with Crippen molar-refractivity contribution < 1.29 is 42.8 Å². The number of nitrogens with one attached hydrogen (secondary N) is 1. The Kier molecular flexibility index (Phi) is 19.3. The fourth-order valence-electron chi connectivity index (χ4n) is 11.1. The normalized spacial score (nSPS) is 16.4. The monoisotopic (exact) mass is 1080 g/mol. The highest BCUT2D eigenvalue weighted by Crippen LogP contribution is 2.43. The summed E-state index contributed by atoms with van der Waals surface area (Å²) in [5.74, 6) is 3.02. The number of ether oxygens (including phenoxy) is 6. The number of fused-ring (bicyclic) bond motifs is 8. The molecule has 0 bridgehead atoms. The third-order valence-electron chi connectivity index (χ3n) is 14.9. The van der Waals surface area contributed by atoms with Gasteiger partial charge >= 0.3 is 0 Å². The van der Waals surface area contributed by atoms with Crippen LogP contribution in [0.1, 0.15) is 106 Å². The summed E-state index contributed by atoms with van der Waals surface area (Å²) in [6.45, 7) is 14.1. The van der Waals surface area contributed by atoms with Crippen molar-refractivity contribution in [3.05, 3.63) is 141 Å². The number of Topliss-reactive ketones (excluding diaryl/α,β-unsaturated/α-hetero) is 1. The van der Waals surface area contributed by atoms with Gasteiger partial charge < -0.3 is 48.4 Å². The molecule has 0 fully saturated rings. The van der Waals surface area contributed by atoms with Gasteiger partial charge in [0.15, 0.2) is 11.5 Å². The average Bonchev–Trinajstić information content (AvgIpc) is 3.96. The molecular weight excluding hydrogens is 1010 g/mol. The second-order valence-electron chi connectivity index (χ2n) is 21.1. The van der Waals surface area contributed by atoms with Crippen LogP contribution < -0.4 is 34.2 Å². The minimum Gasteiger partial charge on any atom is -0.493 e. The number of methoxy groups -OCH3 is 2. The SMILES string of the molecule is CCNCC(=O)CCCSSC(C)(C)CN(CCOCCOCCOC)c1cc(COc2cc3c(cc2C)C(=O)N2c4ccccc4C[C@H]2CC3)cc(COc2cc3c(cc2OC)C(=O)N2c4ccccc4CC2CC3)c1. The number of hydrogen-bond donors (Lipinski definition) is 1. The molecule has 13 nitrogen and oxygen atoms in total. The maximum absolute atomic E-state index is 14.3. The van der Waals surface area contributed by atoms with Gasteiger partial charge in [-0.25, -0.2) is 0 Å². The Morgan fingerprint density at radius 3 is 1.92 bits per heavy atom. The van der Waals surface area contributed by atoms with Gasteiger partial charge in [0.25, 0.3) is 11.8 Å². The summed E-state index contributed by atoms with van der Waals surface area (Å²) in [7, 11) is 6.94. The van der Waals surface area contributed by atoms with Gasteiger partial charge in [0, 0.05) is 77.4 Å². The molecule has 1 N–H and O–H groups in total. The van der Waals surface area contributed by atoms with Gasteiger partial charge in [-0.15, -0.1) is 0 Å². The number of anilines is 3. The number of hydrogen-bond acceptors (Lipinski definition) is 13. The summed E-state index contributed by atoms with van der Waals surface area (Å²) in [5, 5.41) is 3.14. The molecular formula is C62H76N4O9S2. The first-order valence-corrected chi connectivity index (χ1v) is 29.7. The van der Waals surface area contributed by atoms with Crippen LogP contribution in [0.3, 0.4) is 0 Å². The van der Waals surface area contributed by atoms with Gasteiger partial charge in [-0.2, -0.15) is 0 Å². The molecule has 4 aliphatic heterocycles. The van der Waals surface area contributed by atoms with Crippen LogP contribution in [0.4, 0.5) is 17.1 Å². The molecule has 2 atom stereocenters. The molecule has 1 unspecified atom stereocenters. The van der Waals surface area contributed by atoms with Gasteiger partial charge in [-0.1, -0.05) is 64.9 Å². The van der Waals surface area contributed by atoms with Crippen LogP contribution in [-0.4, -0.2) is 114 Å². The first kappa shape index (κ1) is 56.2. The smallest absolute Gasteiger partial charge is 0.258 e. The fraction of sp³-hybridized carbons (Fsp3) is 0.468. The lowest BCUT2D eigenvalue weighted by molar-refractivity contribution is -0.118. The molecule has 4 heterocycles. The van der Waals surface area contributed by atoms with Gasteiger partial charge in [-0.3, -0.25) is 14.4 Å². The summed E-state index contributed by atoms with van der Waals surface area (Å²) in [5.41, 5.74) is 11.6. The van der Waals surface area contributed by atoms with E-state index in [2.05, 4.69) is 72.6 Å². The van der Waals surface area contributed by atoms with Crippen molar-refractivity contribution in [2.24, 2.45) is 0 Å². The van der Waals surface area contributed by atoms with Gasteiger partial charge in [0.1, 0.15) is 24.7 Å². The van der Waals surface area contributed by atoms with E-state index in [9.17, 15) is 14.4 Å².